The third-order valence-corrected chi connectivity index (χ3v) is 8.03. The van der Waals surface area contributed by atoms with Gasteiger partial charge in [0, 0.05) is 0 Å². The van der Waals surface area contributed by atoms with Gasteiger partial charge in [-0.3, -0.25) is 4.79 Å². The second-order valence-electron chi connectivity index (χ2n) is 11.2. The van der Waals surface area contributed by atoms with E-state index in [0.717, 1.165) is 16.7 Å². The van der Waals surface area contributed by atoms with Gasteiger partial charge in [-0.05, 0) is 30.5 Å². The number of ether oxygens (including phenoxy) is 5. The Balaban J connectivity index is 1.26. The van der Waals surface area contributed by atoms with Gasteiger partial charge in [0.1, 0.15) is 12.2 Å². The molecule has 3 fully saturated rings. The number of rotatable bonds is 11. The SMILES string of the molecule is CC1(C)OC[C@@H]([C@@H]2C(=O)N3[C@@H]2[C@@H](OCc2ccccc2)[C@H](OCc2ccccc2)[C@@H]3COCc2ccccc2)O1. The molecule has 3 aromatic carbocycles. The molecule has 210 valence electrons. The van der Waals surface area contributed by atoms with Crippen molar-refractivity contribution in [2.24, 2.45) is 5.92 Å². The van der Waals surface area contributed by atoms with Crippen molar-refractivity contribution in [1.29, 1.82) is 0 Å². The molecule has 7 nitrogen and oxygen atoms in total. The minimum Gasteiger partial charge on any atom is -0.375 e. The van der Waals surface area contributed by atoms with Crippen LogP contribution >= 0.6 is 0 Å². The molecular weight excluding hydrogens is 506 g/mol. The van der Waals surface area contributed by atoms with Crippen LogP contribution in [0.5, 0.6) is 0 Å². The number of β-lactam (4-membered cyclic amide) rings is 1. The third-order valence-electron chi connectivity index (χ3n) is 8.03. The van der Waals surface area contributed by atoms with Gasteiger partial charge in [0.05, 0.1) is 57.1 Å². The van der Waals surface area contributed by atoms with E-state index in [1.165, 1.54) is 0 Å². The first-order chi connectivity index (χ1) is 19.5. The molecule has 3 heterocycles. The van der Waals surface area contributed by atoms with Crippen LogP contribution in [-0.4, -0.2) is 60.2 Å². The summed E-state index contributed by atoms with van der Waals surface area (Å²) in [4.78, 5) is 15.7. The third kappa shape index (κ3) is 5.71. The van der Waals surface area contributed by atoms with Crippen molar-refractivity contribution in [1.82, 2.24) is 4.90 Å². The van der Waals surface area contributed by atoms with Gasteiger partial charge in [-0.15, -0.1) is 0 Å². The Morgan fingerprint density at radius 2 is 1.30 bits per heavy atom. The Hall–Kier alpha value is -3.07. The summed E-state index contributed by atoms with van der Waals surface area (Å²) in [5.41, 5.74) is 3.23. The van der Waals surface area contributed by atoms with Crippen LogP contribution in [0.2, 0.25) is 0 Å². The number of nitrogens with zero attached hydrogens (tertiary/aromatic N) is 1. The lowest BCUT2D eigenvalue weighted by atomic mass is 9.82. The number of amides is 1. The lowest BCUT2D eigenvalue weighted by Crippen LogP contribution is -2.67. The maximum atomic E-state index is 13.7. The largest absolute Gasteiger partial charge is 0.375 e. The van der Waals surface area contributed by atoms with Gasteiger partial charge in [0.25, 0.3) is 0 Å². The van der Waals surface area contributed by atoms with E-state index < -0.39 is 5.79 Å². The highest BCUT2D eigenvalue weighted by Crippen LogP contribution is 2.47. The van der Waals surface area contributed by atoms with Gasteiger partial charge in [0.15, 0.2) is 5.79 Å². The lowest BCUT2D eigenvalue weighted by molar-refractivity contribution is -0.185. The molecule has 3 saturated heterocycles. The second-order valence-corrected chi connectivity index (χ2v) is 11.2. The van der Waals surface area contributed by atoms with E-state index in [9.17, 15) is 4.79 Å². The quantitative estimate of drug-likeness (QED) is 0.326. The summed E-state index contributed by atoms with van der Waals surface area (Å²) in [6, 6.07) is 29.8. The lowest BCUT2D eigenvalue weighted by Gasteiger charge is -2.48. The van der Waals surface area contributed by atoms with Gasteiger partial charge >= 0.3 is 0 Å². The molecule has 3 aliphatic rings. The topological polar surface area (TPSA) is 66.5 Å². The van der Waals surface area contributed by atoms with E-state index in [-0.39, 0.29) is 42.2 Å². The molecule has 0 N–H and O–H groups in total. The van der Waals surface area contributed by atoms with Crippen LogP contribution in [-0.2, 0) is 48.3 Å². The molecule has 0 aromatic heterocycles. The van der Waals surface area contributed by atoms with Crippen LogP contribution in [0, 0.1) is 5.92 Å². The number of fused-ring (bicyclic) bond motifs is 1. The fourth-order valence-electron chi connectivity index (χ4n) is 6.13. The molecule has 0 saturated carbocycles. The predicted molar refractivity (Wildman–Crippen MR) is 149 cm³/mol. The minimum atomic E-state index is -0.716. The molecule has 6 rings (SSSR count). The van der Waals surface area contributed by atoms with Crippen LogP contribution < -0.4 is 0 Å². The number of carbonyl (C=O) groups is 1. The minimum absolute atomic E-state index is 0.0451. The van der Waals surface area contributed by atoms with Crippen molar-refractivity contribution >= 4 is 5.91 Å². The number of hydrogen-bond acceptors (Lipinski definition) is 6. The Bertz CT molecular complexity index is 1250. The molecule has 0 radical (unpaired) electrons. The van der Waals surface area contributed by atoms with Gasteiger partial charge in [-0.25, -0.2) is 0 Å². The highest BCUT2D eigenvalue weighted by Gasteiger charge is 2.67. The molecule has 7 heteroatoms. The van der Waals surface area contributed by atoms with E-state index in [0.29, 0.717) is 33.0 Å². The Morgan fingerprint density at radius 1 is 0.775 bits per heavy atom. The van der Waals surface area contributed by atoms with E-state index in [2.05, 4.69) is 0 Å². The van der Waals surface area contributed by atoms with Crippen molar-refractivity contribution < 1.29 is 28.5 Å². The molecule has 0 bridgehead atoms. The first-order valence-electron chi connectivity index (χ1n) is 14.1. The maximum Gasteiger partial charge on any atom is 0.231 e. The van der Waals surface area contributed by atoms with E-state index in [1.54, 1.807) is 0 Å². The zero-order valence-electron chi connectivity index (χ0n) is 23.1. The predicted octanol–water partition coefficient (Wildman–Crippen LogP) is 4.73. The Morgan fingerprint density at radius 3 is 1.82 bits per heavy atom. The number of hydrogen-bond donors (Lipinski definition) is 0. The van der Waals surface area contributed by atoms with Crippen molar-refractivity contribution in [3.63, 3.8) is 0 Å². The van der Waals surface area contributed by atoms with Crippen LogP contribution in [0.25, 0.3) is 0 Å². The van der Waals surface area contributed by atoms with Crippen molar-refractivity contribution in [2.45, 2.75) is 69.9 Å². The average Bonchev–Trinajstić information content (AvgIpc) is 3.46. The van der Waals surface area contributed by atoms with Gasteiger partial charge in [0.2, 0.25) is 5.91 Å². The Labute approximate surface area is 235 Å². The highest BCUT2D eigenvalue weighted by molar-refractivity contribution is 5.88. The Kier molecular flexibility index (Phi) is 8.01. The first-order valence-corrected chi connectivity index (χ1v) is 14.1. The molecule has 0 spiro atoms. The molecular formula is C33H37NO6. The average molecular weight is 544 g/mol. The van der Waals surface area contributed by atoms with Crippen LogP contribution in [0.1, 0.15) is 30.5 Å². The normalized spacial score (nSPS) is 28.9. The zero-order valence-corrected chi connectivity index (χ0v) is 23.1. The molecule has 3 aliphatic heterocycles. The smallest absolute Gasteiger partial charge is 0.231 e. The molecule has 0 aliphatic carbocycles. The van der Waals surface area contributed by atoms with E-state index >= 15 is 0 Å². The molecule has 40 heavy (non-hydrogen) atoms. The molecule has 1 amide bonds. The monoisotopic (exact) mass is 543 g/mol. The fourth-order valence-corrected chi connectivity index (χ4v) is 6.13. The summed E-state index contributed by atoms with van der Waals surface area (Å²) in [5, 5.41) is 0. The summed E-state index contributed by atoms with van der Waals surface area (Å²) >= 11 is 0. The van der Waals surface area contributed by atoms with Crippen molar-refractivity contribution in [3.05, 3.63) is 108 Å². The van der Waals surface area contributed by atoms with Crippen molar-refractivity contribution in [2.75, 3.05) is 13.2 Å². The van der Waals surface area contributed by atoms with Gasteiger partial charge in [-0.2, -0.15) is 0 Å². The van der Waals surface area contributed by atoms with E-state index in [4.69, 9.17) is 23.7 Å². The van der Waals surface area contributed by atoms with Crippen LogP contribution in [0.4, 0.5) is 0 Å². The van der Waals surface area contributed by atoms with Gasteiger partial charge < -0.3 is 28.6 Å². The standard InChI is InChI=1S/C33H37NO6/c1-33(2)39-22-27(40-33)28-29-31(38-20-25-16-10-5-11-17-25)30(37-19-24-14-8-4-9-15-24)26(34(29)32(28)35)21-36-18-23-12-6-3-7-13-23/h3-17,26-31H,18-22H2,1-2H3/t26-,27-,28-,29-,30+,31+/m0/s1. The molecule has 0 unspecified atom stereocenters. The van der Waals surface area contributed by atoms with Crippen LogP contribution in [0.15, 0.2) is 91.0 Å². The second kappa shape index (κ2) is 11.8. The fraction of sp³-hybridized carbons (Fsp3) is 0.424. The maximum absolute atomic E-state index is 13.7. The van der Waals surface area contributed by atoms with Gasteiger partial charge in [-0.1, -0.05) is 91.0 Å². The zero-order chi connectivity index (χ0) is 27.5. The molecule has 3 aromatic rings. The van der Waals surface area contributed by atoms with E-state index in [1.807, 2.05) is 110 Å². The highest BCUT2D eigenvalue weighted by atomic mass is 16.7. The van der Waals surface area contributed by atoms with Crippen molar-refractivity contribution in [3.8, 4) is 0 Å². The number of benzene rings is 3. The number of carbonyl (C=O) groups excluding carboxylic acids is 1. The summed E-state index contributed by atoms with van der Waals surface area (Å²) in [6.07, 6.45) is -1.04. The summed E-state index contributed by atoms with van der Waals surface area (Å²) < 4.78 is 31.5. The summed E-state index contributed by atoms with van der Waals surface area (Å²) in [5.74, 6) is -1.03. The summed E-state index contributed by atoms with van der Waals surface area (Å²) in [7, 11) is 0. The van der Waals surface area contributed by atoms with Crippen LogP contribution in [0.3, 0.4) is 0 Å². The molecule has 6 atom stereocenters. The summed E-state index contributed by atoms with van der Waals surface area (Å²) in [6.45, 7) is 5.80. The first kappa shape index (κ1) is 27.1.